The summed E-state index contributed by atoms with van der Waals surface area (Å²) in [6, 6.07) is 6.91. The number of piperazine rings is 1. The standard InChI is InChI=1S/C29H36FN9O/c1-18-14-38(22-16-40-17-22)9-8-37(18)15-20-6-7-25(31-11-20)35-28-33-13-23(30)26(36-28)21-10-24-27(32-12-21)34-19(2)39(24)29(3,4)5/h6-7,10-13,18,22H,8-9,14-17H2,1-5H3,(H,31,33,35,36)/t18-/m1/s1. The van der Waals surface area contributed by atoms with Gasteiger partial charge in [-0.15, -0.1) is 0 Å². The minimum atomic E-state index is -0.521. The van der Waals surface area contributed by atoms with Gasteiger partial charge in [-0.3, -0.25) is 9.80 Å². The third-order valence-corrected chi connectivity index (χ3v) is 7.75. The van der Waals surface area contributed by atoms with Gasteiger partial charge < -0.3 is 14.6 Å². The van der Waals surface area contributed by atoms with Crippen LogP contribution in [0.2, 0.25) is 0 Å². The summed E-state index contributed by atoms with van der Waals surface area (Å²) < 4.78 is 22.4. The van der Waals surface area contributed by atoms with E-state index in [9.17, 15) is 4.39 Å². The molecule has 0 spiro atoms. The Bertz CT molecular complexity index is 1510. The smallest absolute Gasteiger partial charge is 0.229 e. The third kappa shape index (κ3) is 5.28. The van der Waals surface area contributed by atoms with Crippen molar-refractivity contribution in [2.45, 2.75) is 58.8 Å². The Kier molecular flexibility index (Phi) is 6.97. The summed E-state index contributed by atoms with van der Waals surface area (Å²) in [6.45, 7) is 16.3. The number of hydrogen-bond donors (Lipinski definition) is 1. The van der Waals surface area contributed by atoms with E-state index in [1.807, 2.05) is 25.3 Å². The van der Waals surface area contributed by atoms with Crippen molar-refractivity contribution in [1.29, 1.82) is 0 Å². The summed E-state index contributed by atoms with van der Waals surface area (Å²) in [6.07, 6.45) is 4.65. The molecular formula is C29H36FN9O. The predicted octanol–water partition coefficient (Wildman–Crippen LogP) is 4.13. The fraction of sp³-hybridized carbons (Fsp3) is 0.483. The molecule has 1 N–H and O–H groups in total. The molecule has 0 saturated carbocycles. The zero-order valence-corrected chi connectivity index (χ0v) is 23.7. The summed E-state index contributed by atoms with van der Waals surface area (Å²) in [5.74, 6) is 1.20. The number of anilines is 2. The molecule has 2 aliphatic rings. The van der Waals surface area contributed by atoms with E-state index >= 15 is 0 Å². The molecule has 0 radical (unpaired) electrons. The number of fused-ring (bicyclic) bond motifs is 1. The van der Waals surface area contributed by atoms with Crippen molar-refractivity contribution in [2.24, 2.45) is 0 Å². The van der Waals surface area contributed by atoms with E-state index in [1.54, 1.807) is 6.20 Å². The van der Waals surface area contributed by atoms with Gasteiger partial charge in [0.15, 0.2) is 11.5 Å². The van der Waals surface area contributed by atoms with Crippen molar-refractivity contribution >= 4 is 22.9 Å². The number of aryl methyl sites for hydroxylation is 1. The zero-order valence-electron chi connectivity index (χ0n) is 23.7. The van der Waals surface area contributed by atoms with Crippen LogP contribution in [0.25, 0.3) is 22.4 Å². The summed E-state index contributed by atoms with van der Waals surface area (Å²) in [5.41, 5.74) is 3.13. The molecular weight excluding hydrogens is 509 g/mol. The van der Waals surface area contributed by atoms with Crippen LogP contribution in [0.1, 0.15) is 39.1 Å². The van der Waals surface area contributed by atoms with Crippen LogP contribution in [0, 0.1) is 12.7 Å². The van der Waals surface area contributed by atoms with Crippen molar-refractivity contribution < 1.29 is 9.13 Å². The van der Waals surface area contributed by atoms with Gasteiger partial charge >= 0.3 is 0 Å². The van der Waals surface area contributed by atoms with Crippen molar-refractivity contribution in [2.75, 3.05) is 38.2 Å². The number of imidazole rings is 1. The van der Waals surface area contributed by atoms with Gasteiger partial charge in [0.2, 0.25) is 5.95 Å². The maximum Gasteiger partial charge on any atom is 0.229 e. The molecule has 0 amide bonds. The molecule has 11 heteroatoms. The second kappa shape index (κ2) is 10.5. The van der Waals surface area contributed by atoms with Gasteiger partial charge in [-0.2, -0.15) is 0 Å². The molecule has 6 heterocycles. The van der Waals surface area contributed by atoms with Gasteiger partial charge in [0.25, 0.3) is 0 Å². The zero-order chi connectivity index (χ0) is 28.0. The molecule has 10 nitrogen and oxygen atoms in total. The molecule has 6 rings (SSSR count). The molecule has 4 aromatic rings. The predicted molar refractivity (Wildman–Crippen MR) is 152 cm³/mol. The van der Waals surface area contributed by atoms with Gasteiger partial charge in [0.1, 0.15) is 17.3 Å². The van der Waals surface area contributed by atoms with Crippen molar-refractivity contribution in [3.8, 4) is 11.3 Å². The van der Waals surface area contributed by atoms with Gasteiger partial charge in [-0.25, -0.2) is 29.3 Å². The summed E-state index contributed by atoms with van der Waals surface area (Å²) in [5, 5.41) is 3.12. The fourth-order valence-electron chi connectivity index (χ4n) is 5.65. The topological polar surface area (TPSA) is 97.1 Å². The molecule has 2 fully saturated rings. The maximum atomic E-state index is 14.9. The number of nitrogens with one attached hydrogen (secondary N) is 1. The van der Waals surface area contributed by atoms with Crippen LogP contribution in [-0.2, 0) is 16.8 Å². The lowest BCUT2D eigenvalue weighted by atomic mass is 10.1. The third-order valence-electron chi connectivity index (χ3n) is 7.75. The Morgan fingerprint density at radius 3 is 2.55 bits per heavy atom. The molecule has 40 heavy (non-hydrogen) atoms. The number of nitrogens with zero attached hydrogens (tertiary/aromatic N) is 8. The summed E-state index contributed by atoms with van der Waals surface area (Å²) in [7, 11) is 0. The highest BCUT2D eigenvalue weighted by atomic mass is 19.1. The van der Waals surface area contributed by atoms with E-state index in [1.165, 1.54) is 6.20 Å². The van der Waals surface area contributed by atoms with E-state index < -0.39 is 5.82 Å². The Hall–Kier alpha value is -3.54. The Balaban J connectivity index is 1.16. The molecule has 1 atom stereocenters. The van der Waals surface area contributed by atoms with E-state index in [0.29, 0.717) is 29.1 Å². The fourth-order valence-corrected chi connectivity index (χ4v) is 5.65. The molecule has 0 aliphatic carbocycles. The molecule has 0 aromatic carbocycles. The number of aromatic nitrogens is 6. The van der Waals surface area contributed by atoms with Crippen LogP contribution in [0.4, 0.5) is 16.2 Å². The van der Waals surface area contributed by atoms with Gasteiger partial charge in [0.05, 0.1) is 31.0 Å². The Labute approximate surface area is 233 Å². The maximum absolute atomic E-state index is 14.9. The molecule has 2 saturated heterocycles. The van der Waals surface area contributed by atoms with Crippen molar-refractivity contribution in [3.63, 3.8) is 0 Å². The SMILES string of the molecule is Cc1nc2ncc(-c3nc(Nc4ccc(CN5CCN(C6COC6)C[C@H]5C)cn4)ncc3F)cc2n1C(C)(C)C. The Morgan fingerprint density at radius 2 is 1.88 bits per heavy atom. The quantitative estimate of drug-likeness (QED) is 0.384. The van der Waals surface area contributed by atoms with E-state index in [0.717, 1.165) is 56.3 Å². The lowest BCUT2D eigenvalue weighted by molar-refractivity contribution is -0.0855. The summed E-state index contributed by atoms with van der Waals surface area (Å²) in [4.78, 5) is 27.3. The van der Waals surface area contributed by atoms with Crippen LogP contribution in [0.5, 0.6) is 0 Å². The lowest BCUT2D eigenvalue weighted by Crippen LogP contribution is -2.59. The highest BCUT2D eigenvalue weighted by Crippen LogP contribution is 2.29. The first-order valence-electron chi connectivity index (χ1n) is 13.8. The largest absolute Gasteiger partial charge is 0.378 e. The van der Waals surface area contributed by atoms with E-state index in [4.69, 9.17) is 4.74 Å². The van der Waals surface area contributed by atoms with Crippen LogP contribution in [0.3, 0.4) is 0 Å². The average molecular weight is 546 g/mol. The van der Waals surface area contributed by atoms with Crippen molar-refractivity contribution in [1.82, 2.24) is 39.3 Å². The van der Waals surface area contributed by atoms with Gasteiger partial charge in [0, 0.05) is 55.7 Å². The number of ether oxygens (including phenoxy) is 1. The normalized spacial score (nSPS) is 19.2. The number of halogens is 1. The minimum Gasteiger partial charge on any atom is -0.378 e. The molecule has 210 valence electrons. The van der Waals surface area contributed by atoms with Gasteiger partial charge in [-0.05, 0) is 52.3 Å². The molecule has 2 aliphatic heterocycles. The summed E-state index contributed by atoms with van der Waals surface area (Å²) >= 11 is 0. The van der Waals surface area contributed by atoms with Crippen molar-refractivity contribution in [3.05, 3.63) is 54.0 Å². The Morgan fingerprint density at radius 1 is 1.05 bits per heavy atom. The van der Waals surface area contributed by atoms with Crippen LogP contribution >= 0.6 is 0 Å². The first kappa shape index (κ1) is 26.7. The highest BCUT2D eigenvalue weighted by molar-refractivity contribution is 5.78. The van der Waals surface area contributed by atoms with Crippen LogP contribution in [0.15, 0.2) is 36.8 Å². The number of pyridine rings is 2. The van der Waals surface area contributed by atoms with Gasteiger partial charge in [-0.1, -0.05) is 6.07 Å². The molecule has 4 aromatic heterocycles. The first-order valence-corrected chi connectivity index (χ1v) is 13.8. The molecule has 0 bridgehead atoms. The molecule has 0 unspecified atom stereocenters. The second-order valence-electron chi connectivity index (χ2n) is 11.8. The number of rotatable bonds is 6. The van der Waals surface area contributed by atoms with Crippen LogP contribution < -0.4 is 5.32 Å². The average Bonchev–Trinajstić information content (AvgIpc) is 3.22. The second-order valence-corrected chi connectivity index (χ2v) is 11.8. The van der Waals surface area contributed by atoms with E-state index in [-0.39, 0.29) is 17.2 Å². The lowest BCUT2D eigenvalue weighted by Gasteiger charge is -2.45. The highest BCUT2D eigenvalue weighted by Gasteiger charge is 2.32. The van der Waals surface area contributed by atoms with E-state index in [2.05, 4.69) is 78.4 Å². The first-order chi connectivity index (χ1) is 19.2. The minimum absolute atomic E-state index is 0.171. The number of hydrogen-bond acceptors (Lipinski definition) is 9. The monoisotopic (exact) mass is 545 g/mol. The van der Waals surface area contributed by atoms with Crippen LogP contribution in [-0.4, -0.2) is 84.2 Å².